The highest BCUT2D eigenvalue weighted by Crippen LogP contribution is 2.03. The van der Waals surface area contributed by atoms with Gasteiger partial charge in [0.2, 0.25) is 0 Å². The summed E-state index contributed by atoms with van der Waals surface area (Å²) in [7, 11) is 5.50. The van der Waals surface area contributed by atoms with Crippen LogP contribution in [0.15, 0.2) is 12.4 Å². The van der Waals surface area contributed by atoms with E-state index in [1.54, 1.807) is 11.8 Å². The Balaban J connectivity index is 2.22. The van der Waals surface area contributed by atoms with Crippen LogP contribution in [-0.2, 0) is 23.1 Å². The molecule has 0 bridgehead atoms. The molecule has 0 fully saturated rings. The zero-order chi connectivity index (χ0) is 14.3. The topological polar surface area (TPSA) is 59.8 Å². The van der Waals surface area contributed by atoms with Crippen LogP contribution in [0.3, 0.4) is 0 Å². The summed E-state index contributed by atoms with van der Waals surface area (Å²) in [6.07, 6.45) is 3.31. The molecule has 0 aromatic carbocycles. The number of ether oxygens (including phenoxy) is 2. The maximum atomic E-state index is 9.89. The van der Waals surface area contributed by atoms with Crippen molar-refractivity contribution in [2.45, 2.75) is 25.7 Å². The lowest BCUT2D eigenvalue weighted by atomic mass is 10.3. The standard InChI is InChI=1S/C13H25N3O3/c1-11(9-18-4)19-10-13(17)8-15(2)6-12-5-14-16(3)7-12/h5,7,11,13,17H,6,8-10H2,1-4H3. The molecule has 0 aliphatic carbocycles. The van der Waals surface area contributed by atoms with E-state index in [2.05, 4.69) is 5.10 Å². The van der Waals surface area contributed by atoms with Crippen molar-refractivity contribution < 1.29 is 14.6 Å². The minimum atomic E-state index is -0.499. The number of aliphatic hydroxyl groups excluding tert-OH is 1. The van der Waals surface area contributed by atoms with E-state index in [0.29, 0.717) is 19.8 Å². The van der Waals surface area contributed by atoms with Crippen molar-refractivity contribution in [3.8, 4) is 0 Å². The Morgan fingerprint density at radius 1 is 1.47 bits per heavy atom. The van der Waals surface area contributed by atoms with Crippen molar-refractivity contribution in [2.75, 3.05) is 33.9 Å². The first-order chi connectivity index (χ1) is 9.01. The lowest BCUT2D eigenvalue weighted by Crippen LogP contribution is -2.33. The number of rotatable bonds is 9. The van der Waals surface area contributed by atoms with Gasteiger partial charge in [-0.05, 0) is 14.0 Å². The quantitative estimate of drug-likeness (QED) is 0.698. The summed E-state index contributed by atoms with van der Waals surface area (Å²) in [5.41, 5.74) is 1.13. The number of likely N-dealkylation sites (N-methyl/N-ethyl adjacent to an activating group) is 1. The van der Waals surface area contributed by atoms with Gasteiger partial charge in [0.1, 0.15) is 0 Å². The highest BCUT2D eigenvalue weighted by Gasteiger charge is 2.11. The van der Waals surface area contributed by atoms with Gasteiger partial charge in [0.25, 0.3) is 0 Å². The van der Waals surface area contributed by atoms with Gasteiger partial charge in [-0.3, -0.25) is 9.58 Å². The number of aromatic nitrogens is 2. The van der Waals surface area contributed by atoms with Crippen LogP contribution in [0.5, 0.6) is 0 Å². The third kappa shape index (κ3) is 6.68. The second-order valence-corrected chi connectivity index (χ2v) is 4.97. The molecule has 0 radical (unpaired) electrons. The molecule has 2 unspecified atom stereocenters. The third-order valence-electron chi connectivity index (χ3n) is 2.71. The molecular weight excluding hydrogens is 246 g/mol. The highest BCUT2D eigenvalue weighted by molar-refractivity contribution is 5.02. The summed E-state index contributed by atoms with van der Waals surface area (Å²) in [4.78, 5) is 2.05. The number of aliphatic hydroxyl groups is 1. The van der Waals surface area contributed by atoms with E-state index < -0.39 is 6.10 Å². The first-order valence-corrected chi connectivity index (χ1v) is 6.46. The van der Waals surface area contributed by atoms with Gasteiger partial charge in [-0.1, -0.05) is 0 Å². The molecule has 0 saturated heterocycles. The molecule has 0 saturated carbocycles. The summed E-state index contributed by atoms with van der Waals surface area (Å²) in [6, 6.07) is 0. The van der Waals surface area contributed by atoms with Crippen molar-refractivity contribution >= 4 is 0 Å². The minimum absolute atomic E-state index is 0.00304. The predicted octanol–water partition coefficient (Wildman–Crippen LogP) is 0.264. The van der Waals surface area contributed by atoms with Gasteiger partial charge in [0.15, 0.2) is 0 Å². The van der Waals surface area contributed by atoms with Crippen molar-refractivity contribution in [1.82, 2.24) is 14.7 Å². The van der Waals surface area contributed by atoms with Crippen LogP contribution >= 0.6 is 0 Å². The Labute approximate surface area is 114 Å². The van der Waals surface area contributed by atoms with E-state index in [1.807, 2.05) is 38.3 Å². The van der Waals surface area contributed by atoms with Crippen molar-refractivity contribution in [3.63, 3.8) is 0 Å². The van der Waals surface area contributed by atoms with Gasteiger partial charge in [0.05, 0.1) is 31.6 Å². The fourth-order valence-electron chi connectivity index (χ4n) is 1.90. The molecule has 2 atom stereocenters. The summed E-state index contributed by atoms with van der Waals surface area (Å²) >= 11 is 0. The molecule has 0 spiro atoms. The zero-order valence-corrected chi connectivity index (χ0v) is 12.2. The molecule has 1 heterocycles. The van der Waals surface area contributed by atoms with Crippen molar-refractivity contribution in [3.05, 3.63) is 18.0 Å². The molecule has 1 rings (SSSR count). The predicted molar refractivity (Wildman–Crippen MR) is 72.8 cm³/mol. The number of nitrogens with zero attached hydrogens (tertiary/aromatic N) is 3. The first kappa shape index (κ1) is 16.1. The fraction of sp³-hybridized carbons (Fsp3) is 0.769. The molecule has 0 aliphatic heterocycles. The Morgan fingerprint density at radius 2 is 2.21 bits per heavy atom. The summed E-state index contributed by atoms with van der Waals surface area (Å²) < 4.78 is 12.2. The SMILES string of the molecule is COCC(C)OCC(O)CN(C)Cc1cnn(C)c1. The largest absolute Gasteiger partial charge is 0.389 e. The van der Waals surface area contributed by atoms with E-state index in [9.17, 15) is 5.11 Å². The molecule has 0 amide bonds. The van der Waals surface area contributed by atoms with Crippen LogP contribution in [0.4, 0.5) is 0 Å². The second-order valence-electron chi connectivity index (χ2n) is 4.97. The van der Waals surface area contributed by atoms with E-state index in [-0.39, 0.29) is 6.10 Å². The van der Waals surface area contributed by atoms with Gasteiger partial charge in [-0.25, -0.2) is 0 Å². The Kier molecular flexibility index (Phi) is 7.01. The smallest absolute Gasteiger partial charge is 0.0900 e. The van der Waals surface area contributed by atoms with Gasteiger partial charge >= 0.3 is 0 Å². The molecular formula is C13H25N3O3. The van der Waals surface area contributed by atoms with E-state index in [1.165, 1.54) is 0 Å². The van der Waals surface area contributed by atoms with E-state index >= 15 is 0 Å². The molecule has 6 heteroatoms. The summed E-state index contributed by atoms with van der Waals surface area (Å²) in [5, 5.41) is 14.0. The molecule has 19 heavy (non-hydrogen) atoms. The summed E-state index contributed by atoms with van der Waals surface area (Å²) in [5.74, 6) is 0. The maximum Gasteiger partial charge on any atom is 0.0900 e. The molecule has 110 valence electrons. The first-order valence-electron chi connectivity index (χ1n) is 6.46. The second kappa shape index (κ2) is 8.27. The highest BCUT2D eigenvalue weighted by atomic mass is 16.5. The summed E-state index contributed by atoms with van der Waals surface area (Å²) in [6.45, 7) is 4.11. The average Bonchev–Trinajstić information content (AvgIpc) is 2.72. The van der Waals surface area contributed by atoms with Crippen LogP contribution < -0.4 is 0 Å². The molecule has 0 aliphatic rings. The lowest BCUT2D eigenvalue weighted by Gasteiger charge is -2.21. The van der Waals surface area contributed by atoms with Crippen molar-refractivity contribution in [1.29, 1.82) is 0 Å². The van der Waals surface area contributed by atoms with Gasteiger partial charge in [-0.2, -0.15) is 5.10 Å². The van der Waals surface area contributed by atoms with E-state index in [0.717, 1.165) is 12.1 Å². The van der Waals surface area contributed by atoms with Gasteiger partial charge in [-0.15, -0.1) is 0 Å². The van der Waals surface area contributed by atoms with Crippen LogP contribution in [0.1, 0.15) is 12.5 Å². The van der Waals surface area contributed by atoms with Crippen molar-refractivity contribution in [2.24, 2.45) is 7.05 Å². The fourth-order valence-corrected chi connectivity index (χ4v) is 1.90. The molecule has 6 nitrogen and oxygen atoms in total. The Morgan fingerprint density at radius 3 is 2.79 bits per heavy atom. The number of hydrogen-bond donors (Lipinski definition) is 1. The zero-order valence-electron chi connectivity index (χ0n) is 12.2. The average molecular weight is 271 g/mol. The van der Waals surface area contributed by atoms with Crippen LogP contribution in [0.25, 0.3) is 0 Å². The lowest BCUT2D eigenvalue weighted by molar-refractivity contribution is -0.0385. The van der Waals surface area contributed by atoms with E-state index in [4.69, 9.17) is 9.47 Å². The normalized spacial score (nSPS) is 14.8. The minimum Gasteiger partial charge on any atom is -0.389 e. The Bertz CT molecular complexity index is 357. The molecule has 1 aromatic rings. The monoisotopic (exact) mass is 271 g/mol. The van der Waals surface area contributed by atoms with Crippen LogP contribution in [0, 0.1) is 0 Å². The van der Waals surface area contributed by atoms with Gasteiger partial charge in [0, 0.05) is 39.0 Å². The number of hydrogen-bond acceptors (Lipinski definition) is 5. The van der Waals surface area contributed by atoms with Gasteiger partial charge < -0.3 is 14.6 Å². The third-order valence-corrected chi connectivity index (χ3v) is 2.71. The Hall–Kier alpha value is -0.950. The van der Waals surface area contributed by atoms with Crippen LogP contribution in [0.2, 0.25) is 0 Å². The molecule has 1 aromatic heterocycles. The maximum absolute atomic E-state index is 9.89. The number of methoxy groups -OCH3 is 1. The number of aryl methyl sites for hydroxylation is 1. The molecule has 1 N–H and O–H groups in total. The van der Waals surface area contributed by atoms with Crippen LogP contribution in [-0.4, -0.2) is 65.9 Å².